The molecule has 0 aliphatic rings. The van der Waals surface area contributed by atoms with E-state index in [1.807, 2.05) is 19.9 Å². The van der Waals surface area contributed by atoms with E-state index in [2.05, 4.69) is 10.1 Å². The van der Waals surface area contributed by atoms with Gasteiger partial charge >= 0.3 is 0 Å². The summed E-state index contributed by atoms with van der Waals surface area (Å²) in [4.78, 5) is 4.23. The van der Waals surface area contributed by atoms with Crippen LogP contribution in [0.2, 0.25) is 0 Å². The van der Waals surface area contributed by atoms with Crippen LogP contribution in [0.25, 0.3) is 0 Å². The maximum absolute atomic E-state index is 13.0. The average molecular weight is 286 g/mol. The Bertz CT molecular complexity index is 530. The van der Waals surface area contributed by atoms with Crippen LogP contribution in [-0.2, 0) is 6.42 Å². The number of hydrogen-bond donors (Lipinski definition) is 1. The molecule has 0 aliphatic carbocycles. The minimum atomic E-state index is -0.268. The minimum absolute atomic E-state index is 0. The van der Waals surface area contributed by atoms with Crippen LogP contribution >= 0.6 is 12.4 Å². The highest BCUT2D eigenvalue weighted by Crippen LogP contribution is 2.17. The maximum Gasteiger partial charge on any atom is 0.243 e. The second-order valence-corrected chi connectivity index (χ2v) is 4.63. The zero-order chi connectivity index (χ0) is 13.1. The molecular weight excluding hydrogens is 269 g/mol. The SMILES string of the molecule is CC(C)[C@@H](N)c1nc(Cc2cccc(F)c2)no1.Cl. The van der Waals surface area contributed by atoms with Gasteiger partial charge in [0.1, 0.15) is 5.82 Å². The molecule has 1 aromatic heterocycles. The predicted molar refractivity (Wildman–Crippen MR) is 72.5 cm³/mol. The summed E-state index contributed by atoms with van der Waals surface area (Å²) < 4.78 is 18.1. The molecule has 6 heteroatoms. The van der Waals surface area contributed by atoms with Gasteiger partial charge in [-0.1, -0.05) is 31.1 Å². The Balaban J connectivity index is 0.00000180. The van der Waals surface area contributed by atoms with Crippen molar-refractivity contribution >= 4 is 12.4 Å². The van der Waals surface area contributed by atoms with Gasteiger partial charge in [0.05, 0.1) is 6.04 Å². The van der Waals surface area contributed by atoms with E-state index in [-0.39, 0.29) is 30.2 Å². The first kappa shape index (κ1) is 15.6. The van der Waals surface area contributed by atoms with Gasteiger partial charge in [-0.3, -0.25) is 0 Å². The minimum Gasteiger partial charge on any atom is -0.338 e. The summed E-state index contributed by atoms with van der Waals surface area (Å²) >= 11 is 0. The lowest BCUT2D eigenvalue weighted by Gasteiger charge is -2.09. The Kier molecular flexibility index (Phi) is 5.44. The van der Waals surface area contributed by atoms with Gasteiger partial charge in [0, 0.05) is 6.42 Å². The van der Waals surface area contributed by atoms with Crippen LogP contribution in [-0.4, -0.2) is 10.1 Å². The van der Waals surface area contributed by atoms with Crippen molar-refractivity contribution in [2.45, 2.75) is 26.3 Å². The van der Waals surface area contributed by atoms with Crippen molar-refractivity contribution in [2.75, 3.05) is 0 Å². The van der Waals surface area contributed by atoms with Crippen LogP contribution in [0, 0.1) is 11.7 Å². The molecule has 0 radical (unpaired) electrons. The lowest BCUT2D eigenvalue weighted by atomic mass is 10.1. The quantitative estimate of drug-likeness (QED) is 0.938. The van der Waals surface area contributed by atoms with Crippen molar-refractivity contribution in [1.29, 1.82) is 0 Å². The summed E-state index contributed by atoms with van der Waals surface area (Å²) in [7, 11) is 0. The largest absolute Gasteiger partial charge is 0.338 e. The van der Waals surface area contributed by atoms with Crippen molar-refractivity contribution < 1.29 is 8.91 Å². The molecule has 4 nitrogen and oxygen atoms in total. The van der Waals surface area contributed by atoms with E-state index in [1.54, 1.807) is 6.07 Å². The van der Waals surface area contributed by atoms with E-state index in [1.165, 1.54) is 12.1 Å². The number of benzene rings is 1. The van der Waals surface area contributed by atoms with E-state index in [0.29, 0.717) is 18.1 Å². The van der Waals surface area contributed by atoms with Gasteiger partial charge in [0.2, 0.25) is 5.89 Å². The van der Waals surface area contributed by atoms with E-state index in [4.69, 9.17) is 10.3 Å². The molecule has 1 heterocycles. The Morgan fingerprint density at radius 3 is 2.74 bits per heavy atom. The summed E-state index contributed by atoms with van der Waals surface area (Å²) in [6.07, 6.45) is 0.437. The summed E-state index contributed by atoms with van der Waals surface area (Å²) in [5.41, 5.74) is 6.72. The topological polar surface area (TPSA) is 64.9 Å². The fourth-order valence-corrected chi connectivity index (χ4v) is 1.59. The predicted octanol–water partition coefficient (Wildman–Crippen LogP) is 2.88. The zero-order valence-corrected chi connectivity index (χ0v) is 11.7. The lowest BCUT2D eigenvalue weighted by molar-refractivity contribution is 0.322. The molecule has 0 saturated heterocycles. The first-order chi connectivity index (χ1) is 8.56. The summed E-state index contributed by atoms with van der Waals surface area (Å²) in [6, 6.07) is 6.07. The number of aromatic nitrogens is 2. The van der Waals surface area contributed by atoms with Crippen molar-refractivity contribution in [3.63, 3.8) is 0 Å². The number of hydrogen-bond acceptors (Lipinski definition) is 4. The maximum atomic E-state index is 13.0. The highest BCUT2D eigenvalue weighted by molar-refractivity contribution is 5.85. The zero-order valence-electron chi connectivity index (χ0n) is 10.8. The molecule has 1 aromatic carbocycles. The summed E-state index contributed by atoms with van der Waals surface area (Å²) in [5, 5.41) is 3.86. The molecule has 0 saturated carbocycles. The third-order valence-electron chi connectivity index (χ3n) is 2.74. The number of nitrogens with zero attached hydrogens (tertiary/aromatic N) is 2. The van der Waals surface area contributed by atoms with E-state index in [0.717, 1.165) is 5.56 Å². The lowest BCUT2D eigenvalue weighted by Crippen LogP contribution is -2.17. The molecule has 0 unspecified atom stereocenters. The van der Waals surface area contributed by atoms with Crippen LogP contribution in [0.4, 0.5) is 4.39 Å². The first-order valence-corrected chi connectivity index (χ1v) is 5.89. The Labute approximate surface area is 117 Å². The van der Waals surface area contributed by atoms with Gasteiger partial charge in [0.15, 0.2) is 5.82 Å². The molecule has 2 rings (SSSR count). The van der Waals surface area contributed by atoms with E-state index in [9.17, 15) is 4.39 Å². The molecule has 104 valence electrons. The smallest absolute Gasteiger partial charge is 0.243 e. The highest BCUT2D eigenvalue weighted by Gasteiger charge is 2.18. The number of halogens is 2. The fraction of sp³-hybridized carbons (Fsp3) is 0.385. The standard InChI is InChI=1S/C13H16FN3O.ClH/c1-8(2)12(15)13-16-11(17-18-13)7-9-4-3-5-10(14)6-9;/h3-6,8,12H,7,15H2,1-2H3;1H/t12-;/m1./s1. The van der Waals surface area contributed by atoms with Gasteiger partial charge in [-0.2, -0.15) is 4.98 Å². The van der Waals surface area contributed by atoms with Crippen molar-refractivity contribution in [3.05, 3.63) is 47.4 Å². The molecule has 0 spiro atoms. The fourth-order valence-electron chi connectivity index (χ4n) is 1.59. The van der Waals surface area contributed by atoms with Crippen molar-refractivity contribution in [2.24, 2.45) is 11.7 Å². The molecule has 1 atom stereocenters. The molecule has 19 heavy (non-hydrogen) atoms. The molecule has 2 aromatic rings. The average Bonchev–Trinajstić information content (AvgIpc) is 2.76. The Morgan fingerprint density at radius 1 is 1.37 bits per heavy atom. The second kappa shape index (κ2) is 6.63. The third kappa shape index (κ3) is 4.01. The van der Waals surface area contributed by atoms with Crippen LogP contribution in [0.5, 0.6) is 0 Å². The van der Waals surface area contributed by atoms with Crippen molar-refractivity contribution in [3.8, 4) is 0 Å². The van der Waals surface area contributed by atoms with Crippen LogP contribution in [0.15, 0.2) is 28.8 Å². The molecule has 2 N–H and O–H groups in total. The van der Waals surface area contributed by atoms with Gasteiger partial charge in [-0.25, -0.2) is 4.39 Å². The number of nitrogens with two attached hydrogens (primary N) is 1. The molecule has 0 fully saturated rings. The van der Waals surface area contributed by atoms with E-state index < -0.39 is 0 Å². The van der Waals surface area contributed by atoms with Gasteiger partial charge in [-0.15, -0.1) is 12.4 Å². The molecule has 0 aliphatic heterocycles. The molecule has 0 amide bonds. The monoisotopic (exact) mass is 285 g/mol. The van der Waals surface area contributed by atoms with Gasteiger partial charge < -0.3 is 10.3 Å². The normalized spacial score (nSPS) is 12.3. The Hall–Kier alpha value is -1.46. The van der Waals surface area contributed by atoms with Crippen LogP contribution in [0.3, 0.4) is 0 Å². The van der Waals surface area contributed by atoms with Crippen molar-refractivity contribution in [1.82, 2.24) is 10.1 Å². The Morgan fingerprint density at radius 2 is 2.11 bits per heavy atom. The van der Waals surface area contributed by atoms with Crippen LogP contribution in [0.1, 0.15) is 37.2 Å². The highest BCUT2D eigenvalue weighted by atomic mass is 35.5. The van der Waals surface area contributed by atoms with Gasteiger partial charge in [0.25, 0.3) is 0 Å². The van der Waals surface area contributed by atoms with E-state index >= 15 is 0 Å². The van der Waals surface area contributed by atoms with Gasteiger partial charge in [-0.05, 0) is 23.6 Å². The second-order valence-electron chi connectivity index (χ2n) is 4.63. The summed E-state index contributed by atoms with van der Waals surface area (Å²) in [5.74, 6) is 0.908. The number of rotatable bonds is 4. The third-order valence-corrected chi connectivity index (χ3v) is 2.74. The molecular formula is C13H17ClFN3O. The van der Waals surface area contributed by atoms with Crippen LogP contribution < -0.4 is 5.73 Å². The summed E-state index contributed by atoms with van der Waals surface area (Å²) in [6.45, 7) is 3.97. The first-order valence-electron chi connectivity index (χ1n) is 5.89. The molecule has 0 bridgehead atoms.